The first-order chi connectivity index (χ1) is 12.8. The number of amides is 2. The molecule has 1 fully saturated rings. The number of benzene rings is 1. The van der Waals surface area contributed by atoms with Crippen LogP contribution >= 0.6 is 11.6 Å². The van der Waals surface area contributed by atoms with Crippen LogP contribution in [0.4, 0.5) is 5.69 Å². The summed E-state index contributed by atoms with van der Waals surface area (Å²) in [6, 6.07) is 5.50. The average Bonchev–Trinajstić information content (AvgIpc) is 2.63. The van der Waals surface area contributed by atoms with Crippen LogP contribution in [-0.2, 0) is 9.59 Å². The van der Waals surface area contributed by atoms with Gasteiger partial charge < -0.3 is 15.0 Å². The van der Waals surface area contributed by atoms with Crippen LogP contribution in [0.25, 0.3) is 0 Å². The molecule has 27 heavy (non-hydrogen) atoms. The number of halogens is 1. The minimum atomic E-state index is -0.0963. The van der Waals surface area contributed by atoms with E-state index < -0.39 is 0 Å². The summed E-state index contributed by atoms with van der Waals surface area (Å²) in [4.78, 5) is 26.9. The lowest BCUT2D eigenvalue weighted by Gasteiger charge is -2.35. The number of nitrogens with one attached hydrogen (secondary N) is 1. The summed E-state index contributed by atoms with van der Waals surface area (Å²) in [7, 11) is 0. The van der Waals surface area contributed by atoms with E-state index in [4.69, 9.17) is 16.3 Å². The molecule has 6 heteroatoms. The molecular weight excluding hydrogens is 364 g/mol. The summed E-state index contributed by atoms with van der Waals surface area (Å²) >= 11 is 6.09. The van der Waals surface area contributed by atoms with Gasteiger partial charge in [-0.3, -0.25) is 9.59 Å². The number of hydrogen-bond donors (Lipinski definition) is 1. The predicted octanol–water partition coefficient (Wildman–Crippen LogP) is 4.18. The van der Waals surface area contributed by atoms with Gasteiger partial charge in [0.25, 0.3) is 0 Å². The Balaban J connectivity index is 1.58. The van der Waals surface area contributed by atoms with Gasteiger partial charge in [0.1, 0.15) is 11.9 Å². The maximum atomic E-state index is 12.8. The van der Waals surface area contributed by atoms with Gasteiger partial charge in [0.05, 0.1) is 12.2 Å². The second-order valence-corrected chi connectivity index (χ2v) is 8.42. The number of rotatable bonds is 4. The Bertz CT molecular complexity index is 709. The van der Waals surface area contributed by atoms with Gasteiger partial charge >= 0.3 is 0 Å². The molecule has 1 heterocycles. The van der Waals surface area contributed by atoms with E-state index in [2.05, 4.69) is 19.2 Å². The Morgan fingerprint density at radius 2 is 2.00 bits per heavy atom. The number of carbonyl (C=O) groups excluding carboxylic acids is 2. The van der Waals surface area contributed by atoms with Crippen molar-refractivity contribution in [1.82, 2.24) is 5.32 Å². The van der Waals surface area contributed by atoms with E-state index in [0.717, 1.165) is 12.8 Å². The smallest absolute Gasteiger partial charge is 0.227 e. The molecule has 5 nitrogen and oxygen atoms in total. The number of anilines is 1. The lowest BCUT2D eigenvalue weighted by Crippen LogP contribution is -2.45. The van der Waals surface area contributed by atoms with Crippen molar-refractivity contribution in [2.75, 3.05) is 11.4 Å². The molecule has 0 saturated heterocycles. The van der Waals surface area contributed by atoms with E-state index >= 15 is 0 Å². The fourth-order valence-corrected chi connectivity index (χ4v) is 4.23. The second-order valence-electron chi connectivity index (χ2n) is 7.99. The van der Waals surface area contributed by atoms with Crippen molar-refractivity contribution in [3.8, 4) is 5.75 Å². The van der Waals surface area contributed by atoms with Crippen LogP contribution in [0.1, 0.15) is 52.9 Å². The molecular formula is C21H29ClN2O3. The van der Waals surface area contributed by atoms with Crippen molar-refractivity contribution in [3.63, 3.8) is 0 Å². The van der Waals surface area contributed by atoms with Gasteiger partial charge in [0, 0.05) is 23.9 Å². The number of carbonyl (C=O) groups is 2. The molecule has 1 N–H and O–H groups in total. The minimum Gasteiger partial charge on any atom is -0.487 e. The van der Waals surface area contributed by atoms with E-state index in [1.165, 1.54) is 6.42 Å². The van der Waals surface area contributed by atoms with Crippen molar-refractivity contribution >= 4 is 29.1 Å². The Morgan fingerprint density at radius 1 is 1.22 bits per heavy atom. The Labute approximate surface area is 166 Å². The lowest BCUT2D eigenvalue weighted by atomic mass is 9.78. The summed E-state index contributed by atoms with van der Waals surface area (Å²) < 4.78 is 5.78. The maximum Gasteiger partial charge on any atom is 0.227 e. The molecule has 3 rings (SSSR count). The van der Waals surface area contributed by atoms with Crippen LogP contribution in [0.2, 0.25) is 5.02 Å². The number of hydrogen-bond acceptors (Lipinski definition) is 3. The largest absolute Gasteiger partial charge is 0.487 e. The molecule has 0 aromatic heterocycles. The monoisotopic (exact) mass is 392 g/mol. The molecule has 2 aliphatic rings. The Hall–Kier alpha value is -1.75. The molecule has 0 spiro atoms. The molecule has 1 aliphatic heterocycles. The van der Waals surface area contributed by atoms with E-state index in [1.807, 2.05) is 6.92 Å². The molecule has 4 atom stereocenters. The van der Waals surface area contributed by atoms with Crippen LogP contribution < -0.4 is 15.0 Å². The lowest BCUT2D eigenvalue weighted by molar-refractivity contribution is -0.126. The standard InChI is InChI=1S/C21H29ClN2O3/c1-13-5-4-6-17(15(13)3)23-20(25)9-10-21(26)24-12-14(2)27-19-8-7-16(22)11-18(19)24/h7-8,11,13-15,17H,4-6,9-10,12H2,1-3H3,(H,23,25)/t13-,14+,15-,17+/m0/s1. The summed E-state index contributed by atoms with van der Waals surface area (Å²) in [6.07, 6.45) is 3.69. The van der Waals surface area contributed by atoms with E-state index in [1.54, 1.807) is 23.1 Å². The maximum absolute atomic E-state index is 12.8. The van der Waals surface area contributed by atoms with Crippen molar-refractivity contribution in [3.05, 3.63) is 23.2 Å². The zero-order valence-corrected chi connectivity index (χ0v) is 17.1. The highest BCUT2D eigenvalue weighted by atomic mass is 35.5. The average molecular weight is 393 g/mol. The van der Waals surface area contributed by atoms with Crippen LogP contribution in [0.5, 0.6) is 5.75 Å². The molecule has 1 aromatic rings. The van der Waals surface area contributed by atoms with E-state index in [0.29, 0.717) is 34.8 Å². The third-order valence-electron chi connectivity index (χ3n) is 5.90. The first-order valence-electron chi connectivity index (χ1n) is 9.91. The van der Waals surface area contributed by atoms with Gasteiger partial charge in [0.2, 0.25) is 11.8 Å². The molecule has 1 aliphatic carbocycles. The Morgan fingerprint density at radius 3 is 2.78 bits per heavy atom. The minimum absolute atomic E-state index is 0.0399. The third-order valence-corrected chi connectivity index (χ3v) is 6.13. The number of nitrogens with zero attached hydrogens (tertiary/aromatic N) is 1. The van der Waals surface area contributed by atoms with Gasteiger partial charge in [-0.05, 0) is 43.4 Å². The van der Waals surface area contributed by atoms with Gasteiger partial charge in [-0.1, -0.05) is 38.3 Å². The molecule has 148 valence electrons. The normalized spacial score (nSPS) is 27.5. The fraction of sp³-hybridized carbons (Fsp3) is 0.619. The quantitative estimate of drug-likeness (QED) is 0.836. The third kappa shape index (κ3) is 4.75. The van der Waals surface area contributed by atoms with Gasteiger partial charge in [-0.25, -0.2) is 0 Å². The molecule has 0 radical (unpaired) electrons. The zero-order chi connectivity index (χ0) is 19.6. The molecule has 0 unspecified atom stereocenters. The topological polar surface area (TPSA) is 58.6 Å². The van der Waals surface area contributed by atoms with Gasteiger partial charge in [-0.15, -0.1) is 0 Å². The fourth-order valence-electron chi connectivity index (χ4n) is 4.07. The van der Waals surface area contributed by atoms with Crippen LogP contribution in [0.3, 0.4) is 0 Å². The molecule has 2 amide bonds. The molecule has 1 saturated carbocycles. The van der Waals surface area contributed by atoms with Crippen molar-refractivity contribution in [2.24, 2.45) is 11.8 Å². The van der Waals surface area contributed by atoms with Gasteiger partial charge in [-0.2, -0.15) is 0 Å². The highest BCUT2D eigenvalue weighted by Crippen LogP contribution is 2.36. The van der Waals surface area contributed by atoms with Crippen molar-refractivity contribution in [1.29, 1.82) is 0 Å². The summed E-state index contributed by atoms with van der Waals surface area (Å²) in [6.45, 7) is 6.84. The highest BCUT2D eigenvalue weighted by Gasteiger charge is 2.30. The van der Waals surface area contributed by atoms with Gasteiger partial charge in [0.15, 0.2) is 0 Å². The summed E-state index contributed by atoms with van der Waals surface area (Å²) in [5, 5.41) is 3.70. The summed E-state index contributed by atoms with van der Waals surface area (Å²) in [5.74, 6) is 1.64. The van der Waals surface area contributed by atoms with Crippen LogP contribution in [-0.4, -0.2) is 30.5 Å². The number of fused-ring (bicyclic) bond motifs is 1. The first kappa shape index (κ1) is 20.0. The summed E-state index contributed by atoms with van der Waals surface area (Å²) in [5.41, 5.74) is 0.681. The predicted molar refractivity (Wildman–Crippen MR) is 107 cm³/mol. The Kier molecular flexibility index (Phi) is 6.30. The molecule has 1 aromatic carbocycles. The van der Waals surface area contributed by atoms with Crippen molar-refractivity contribution in [2.45, 2.75) is 65.0 Å². The first-order valence-corrected chi connectivity index (χ1v) is 10.3. The van der Waals surface area contributed by atoms with E-state index in [9.17, 15) is 9.59 Å². The van der Waals surface area contributed by atoms with Crippen molar-refractivity contribution < 1.29 is 14.3 Å². The zero-order valence-electron chi connectivity index (χ0n) is 16.3. The SMILES string of the molecule is C[C@H]1[C@@H](C)CCC[C@H]1NC(=O)CCC(=O)N1C[C@@H](C)Oc2ccc(Cl)cc21. The second kappa shape index (κ2) is 8.51. The number of ether oxygens (including phenoxy) is 1. The van der Waals surface area contributed by atoms with Crippen LogP contribution in [0, 0.1) is 11.8 Å². The molecule has 0 bridgehead atoms. The van der Waals surface area contributed by atoms with Crippen LogP contribution in [0.15, 0.2) is 18.2 Å². The highest BCUT2D eigenvalue weighted by molar-refractivity contribution is 6.31. The van der Waals surface area contributed by atoms with E-state index in [-0.39, 0.29) is 36.8 Å².